The first-order valence-corrected chi connectivity index (χ1v) is 10.4. The number of ether oxygens (including phenoxy) is 3. The minimum Gasteiger partial charge on any atom is -0.497 e. The van der Waals surface area contributed by atoms with E-state index in [9.17, 15) is 14.4 Å². The van der Waals surface area contributed by atoms with Gasteiger partial charge in [-0.15, -0.1) is 0 Å². The lowest BCUT2D eigenvalue weighted by Crippen LogP contribution is -2.39. The van der Waals surface area contributed by atoms with Crippen molar-refractivity contribution in [2.24, 2.45) is 0 Å². The van der Waals surface area contributed by atoms with E-state index in [4.69, 9.17) is 14.2 Å². The number of carbonyl (C=O) groups is 3. The molecule has 7 nitrogen and oxygen atoms in total. The number of nitrogens with one attached hydrogen (secondary N) is 1. The van der Waals surface area contributed by atoms with Crippen LogP contribution in [0.4, 0.5) is 0 Å². The maximum absolute atomic E-state index is 13.2. The third-order valence-corrected chi connectivity index (χ3v) is 4.83. The highest BCUT2D eigenvalue weighted by atomic mass is 16.5. The number of rotatable bonds is 9. The van der Waals surface area contributed by atoms with Crippen molar-refractivity contribution in [1.29, 1.82) is 0 Å². The highest BCUT2D eigenvalue weighted by Crippen LogP contribution is 2.23. The molecule has 0 radical (unpaired) electrons. The van der Waals surface area contributed by atoms with Gasteiger partial charge in [-0.1, -0.05) is 42.5 Å². The number of carbonyl (C=O) groups excluding carboxylic acids is 3. The first-order valence-electron chi connectivity index (χ1n) is 10.4. The van der Waals surface area contributed by atoms with E-state index < -0.39 is 17.9 Å². The molecule has 0 heterocycles. The van der Waals surface area contributed by atoms with Gasteiger partial charge in [-0.05, 0) is 54.4 Å². The van der Waals surface area contributed by atoms with Gasteiger partial charge in [-0.25, -0.2) is 4.79 Å². The van der Waals surface area contributed by atoms with Crippen LogP contribution in [0.1, 0.15) is 34.5 Å². The van der Waals surface area contributed by atoms with Crippen LogP contribution in [0.2, 0.25) is 0 Å². The Bertz CT molecular complexity index is 1080. The molecule has 0 saturated heterocycles. The quantitative estimate of drug-likeness (QED) is 0.304. The number of hydrogen-bond donors (Lipinski definition) is 1. The lowest BCUT2D eigenvalue weighted by Gasteiger charge is -2.18. The smallest absolute Gasteiger partial charge is 0.396 e. The van der Waals surface area contributed by atoms with Crippen LogP contribution < -0.4 is 14.8 Å². The van der Waals surface area contributed by atoms with Gasteiger partial charge in [-0.2, -0.15) is 0 Å². The summed E-state index contributed by atoms with van der Waals surface area (Å²) in [6.07, 6.45) is 0. The molecule has 3 aromatic rings. The summed E-state index contributed by atoms with van der Waals surface area (Å²) in [5.41, 5.74) is 1.88. The van der Waals surface area contributed by atoms with Crippen molar-refractivity contribution in [2.75, 3.05) is 13.7 Å². The predicted octanol–water partition coefficient (Wildman–Crippen LogP) is 3.88. The lowest BCUT2D eigenvalue weighted by atomic mass is 9.97. The molecule has 3 aromatic carbocycles. The van der Waals surface area contributed by atoms with Crippen molar-refractivity contribution in [3.8, 4) is 11.5 Å². The van der Waals surface area contributed by atoms with Crippen LogP contribution in [0.5, 0.6) is 11.5 Å². The molecule has 3 rings (SSSR count). The molecule has 7 heteroatoms. The average molecular weight is 447 g/mol. The number of esters is 1. The summed E-state index contributed by atoms with van der Waals surface area (Å²) in [5.74, 6) is -1.22. The highest BCUT2D eigenvalue weighted by molar-refractivity contribution is 6.33. The van der Waals surface area contributed by atoms with Crippen molar-refractivity contribution >= 4 is 17.7 Å². The van der Waals surface area contributed by atoms with Crippen LogP contribution in [-0.4, -0.2) is 31.4 Å². The molecule has 0 bridgehead atoms. The summed E-state index contributed by atoms with van der Waals surface area (Å²) in [5, 5.41) is 2.49. The molecule has 0 saturated carbocycles. The minimum absolute atomic E-state index is 0.0524. The van der Waals surface area contributed by atoms with Gasteiger partial charge in [0.1, 0.15) is 24.1 Å². The molecular weight excluding hydrogens is 422 g/mol. The number of ketones is 1. The molecule has 0 aliphatic rings. The zero-order chi connectivity index (χ0) is 23.6. The Morgan fingerprint density at radius 1 is 0.848 bits per heavy atom. The zero-order valence-corrected chi connectivity index (χ0v) is 18.4. The number of amides is 1. The van der Waals surface area contributed by atoms with Gasteiger partial charge < -0.3 is 19.5 Å². The van der Waals surface area contributed by atoms with Crippen LogP contribution in [0.25, 0.3) is 0 Å². The van der Waals surface area contributed by atoms with Crippen LogP contribution in [-0.2, 0) is 20.9 Å². The Labute approximate surface area is 192 Å². The third-order valence-electron chi connectivity index (χ3n) is 4.83. The van der Waals surface area contributed by atoms with E-state index in [2.05, 4.69) is 5.32 Å². The van der Waals surface area contributed by atoms with Gasteiger partial charge in [-0.3, -0.25) is 9.59 Å². The molecule has 1 amide bonds. The van der Waals surface area contributed by atoms with Crippen LogP contribution in [0.3, 0.4) is 0 Å². The Morgan fingerprint density at radius 3 is 2.09 bits per heavy atom. The van der Waals surface area contributed by atoms with Crippen molar-refractivity contribution < 1.29 is 28.6 Å². The molecule has 0 aliphatic heterocycles. The summed E-state index contributed by atoms with van der Waals surface area (Å²) in [6, 6.07) is 21.9. The largest absolute Gasteiger partial charge is 0.497 e. The van der Waals surface area contributed by atoms with Crippen molar-refractivity contribution in [1.82, 2.24) is 5.32 Å². The summed E-state index contributed by atoms with van der Waals surface area (Å²) in [4.78, 5) is 37.4. The number of benzene rings is 3. The molecule has 170 valence electrons. The van der Waals surface area contributed by atoms with E-state index in [1.807, 2.05) is 30.3 Å². The normalized spacial score (nSPS) is 11.2. The Balaban J connectivity index is 1.80. The fraction of sp³-hybridized carbons (Fsp3) is 0.192. The third kappa shape index (κ3) is 6.43. The topological polar surface area (TPSA) is 90.9 Å². The molecule has 1 unspecified atom stereocenters. The molecule has 0 aromatic heterocycles. The Morgan fingerprint density at radius 2 is 1.48 bits per heavy atom. The monoisotopic (exact) mass is 447 g/mol. The first kappa shape index (κ1) is 23.5. The summed E-state index contributed by atoms with van der Waals surface area (Å²) in [7, 11) is 1.53. The number of hydrogen-bond acceptors (Lipinski definition) is 6. The van der Waals surface area contributed by atoms with E-state index in [1.54, 1.807) is 55.5 Å². The van der Waals surface area contributed by atoms with Gasteiger partial charge in [0.05, 0.1) is 13.7 Å². The van der Waals surface area contributed by atoms with Gasteiger partial charge >= 0.3 is 11.9 Å². The van der Waals surface area contributed by atoms with Crippen LogP contribution in [0, 0.1) is 0 Å². The minimum atomic E-state index is -1.08. The van der Waals surface area contributed by atoms with Gasteiger partial charge in [0, 0.05) is 5.56 Å². The fourth-order valence-electron chi connectivity index (χ4n) is 3.11. The second kappa shape index (κ2) is 11.5. The average Bonchev–Trinajstić information content (AvgIpc) is 2.86. The van der Waals surface area contributed by atoms with E-state index in [0.29, 0.717) is 29.2 Å². The fourth-order valence-corrected chi connectivity index (χ4v) is 3.11. The molecule has 0 spiro atoms. The molecule has 0 aliphatic carbocycles. The Hall–Kier alpha value is -4.13. The summed E-state index contributed by atoms with van der Waals surface area (Å²) < 4.78 is 15.7. The standard InChI is InChI=1S/C26H25NO6/c1-3-32-26(30)25(29)27-23(24(28)20-11-13-21(31-2)14-12-20)19-9-15-22(16-10-19)33-17-18-7-5-4-6-8-18/h4-16,23H,3,17H2,1-2H3,(H,27,29). The van der Waals surface area contributed by atoms with Crippen molar-refractivity contribution in [3.05, 3.63) is 95.6 Å². The maximum Gasteiger partial charge on any atom is 0.396 e. The van der Waals surface area contributed by atoms with Crippen LogP contribution in [0.15, 0.2) is 78.9 Å². The Kier molecular flexibility index (Phi) is 8.18. The van der Waals surface area contributed by atoms with Crippen LogP contribution >= 0.6 is 0 Å². The van der Waals surface area contributed by atoms with Gasteiger partial charge in [0.2, 0.25) is 0 Å². The highest BCUT2D eigenvalue weighted by Gasteiger charge is 2.27. The van der Waals surface area contributed by atoms with E-state index in [0.717, 1.165) is 5.56 Å². The van der Waals surface area contributed by atoms with Crippen molar-refractivity contribution in [2.45, 2.75) is 19.6 Å². The molecule has 1 atom stereocenters. The maximum atomic E-state index is 13.2. The molecular formula is C26H25NO6. The second-order valence-electron chi connectivity index (χ2n) is 7.06. The van der Waals surface area contributed by atoms with E-state index in [1.165, 1.54) is 7.11 Å². The second-order valence-corrected chi connectivity index (χ2v) is 7.06. The lowest BCUT2D eigenvalue weighted by molar-refractivity contribution is -0.154. The summed E-state index contributed by atoms with van der Waals surface area (Å²) in [6.45, 7) is 2.05. The van der Waals surface area contributed by atoms with E-state index >= 15 is 0 Å². The molecule has 33 heavy (non-hydrogen) atoms. The van der Waals surface area contributed by atoms with E-state index in [-0.39, 0.29) is 12.4 Å². The predicted molar refractivity (Wildman–Crippen MR) is 122 cm³/mol. The SMILES string of the molecule is CCOC(=O)C(=O)NC(C(=O)c1ccc(OC)cc1)c1ccc(OCc2ccccc2)cc1. The number of methoxy groups -OCH3 is 1. The molecule has 1 N–H and O–H groups in total. The molecule has 0 fully saturated rings. The van der Waals surface area contributed by atoms with Gasteiger partial charge in [0.15, 0.2) is 5.78 Å². The first-order chi connectivity index (χ1) is 16.0. The zero-order valence-electron chi connectivity index (χ0n) is 18.4. The van der Waals surface area contributed by atoms with Crippen molar-refractivity contribution in [3.63, 3.8) is 0 Å². The van der Waals surface area contributed by atoms with Gasteiger partial charge in [0.25, 0.3) is 0 Å². The number of Topliss-reactive ketones (excluding diaryl/α,β-unsaturated/α-hetero) is 1. The summed E-state index contributed by atoms with van der Waals surface area (Å²) >= 11 is 0.